The molecule has 0 aliphatic rings. The topological polar surface area (TPSA) is 52.3 Å². The number of carbonyl (C=O) groups excluding carboxylic acids is 1. The van der Waals surface area contributed by atoms with Crippen LogP contribution in [0, 0.1) is 5.82 Å². The summed E-state index contributed by atoms with van der Waals surface area (Å²) in [6, 6.07) is 0.0844. The highest BCUT2D eigenvalue weighted by atomic mass is 35.5. The van der Waals surface area contributed by atoms with Crippen LogP contribution >= 0.6 is 12.4 Å². The Kier molecular flexibility index (Phi) is 5.56. The Morgan fingerprint density at radius 2 is 1.94 bits per heavy atom. The van der Waals surface area contributed by atoms with E-state index in [1.807, 2.05) is 0 Å². The predicted octanol–water partition coefficient (Wildman–Crippen LogP) is 2.44. The molecule has 18 heavy (non-hydrogen) atoms. The summed E-state index contributed by atoms with van der Waals surface area (Å²) >= 11 is 0. The molecule has 2 N–H and O–H groups in total. The maximum absolute atomic E-state index is 12.9. The van der Waals surface area contributed by atoms with E-state index in [1.54, 1.807) is 0 Å². The van der Waals surface area contributed by atoms with Crippen LogP contribution in [0.5, 0.6) is 0 Å². The summed E-state index contributed by atoms with van der Waals surface area (Å²) in [6.45, 7) is 0. The maximum atomic E-state index is 12.9. The monoisotopic (exact) mass is 287 g/mol. The van der Waals surface area contributed by atoms with Gasteiger partial charge in [-0.3, -0.25) is 4.79 Å². The highest BCUT2D eigenvalue weighted by Crippen LogP contribution is 2.34. The van der Waals surface area contributed by atoms with E-state index in [4.69, 9.17) is 5.73 Å². The number of halogens is 5. The number of benzene rings is 1. The minimum atomic E-state index is -4.71. The van der Waals surface area contributed by atoms with Gasteiger partial charge in [-0.2, -0.15) is 13.2 Å². The van der Waals surface area contributed by atoms with E-state index in [9.17, 15) is 22.4 Å². The third kappa shape index (κ3) is 3.58. The van der Waals surface area contributed by atoms with Crippen LogP contribution in [0.4, 0.5) is 17.6 Å². The molecule has 0 saturated carbocycles. The predicted molar refractivity (Wildman–Crippen MR) is 57.6 cm³/mol. The number of ether oxygens (including phenoxy) is 1. The van der Waals surface area contributed by atoms with Crippen molar-refractivity contribution in [2.75, 3.05) is 7.11 Å². The number of esters is 1. The van der Waals surface area contributed by atoms with Crippen LogP contribution in [0.3, 0.4) is 0 Å². The number of methoxy groups -OCH3 is 1. The van der Waals surface area contributed by atoms with E-state index >= 15 is 0 Å². The molecule has 0 aromatic heterocycles. The number of alkyl halides is 3. The van der Waals surface area contributed by atoms with Gasteiger partial charge in [-0.15, -0.1) is 12.4 Å². The molecule has 0 spiro atoms. The van der Waals surface area contributed by atoms with Gasteiger partial charge in [0.2, 0.25) is 0 Å². The smallest absolute Gasteiger partial charge is 0.416 e. The highest BCUT2D eigenvalue weighted by molar-refractivity contribution is 5.85. The Hall–Kier alpha value is -1.34. The van der Waals surface area contributed by atoms with Crippen LogP contribution in [-0.4, -0.2) is 13.1 Å². The second kappa shape index (κ2) is 6.01. The first-order valence-corrected chi connectivity index (χ1v) is 4.47. The first-order valence-electron chi connectivity index (χ1n) is 4.47. The largest absolute Gasteiger partial charge is 0.468 e. The van der Waals surface area contributed by atoms with Crippen LogP contribution in [-0.2, 0) is 15.7 Å². The van der Waals surface area contributed by atoms with Crippen LogP contribution in [0.1, 0.15) is 17.2 Å². The summed E-state index contributed by atoms with van der Waals surface area (Å²) in [5.41, 5.74) is 3.47. The van der Waals surface area contributed by atoms with Crippen molar-refractivity contribution in [2.45, 2.75) is 12.2 Å². The van der Waals surface area contributed by atoms with Crippen molar-refractivity contribution in [1.82, 2.24) is 0 Å². The number of carbonyl (C=O) groups is 1. The third-order valence-corrected chi connectivity index (χ3v) is 2.11. The molecule has 102 valence electrons. The quantitative estimate of drug-likeness (QED) is 0.671. The molecule has 0 aliphatic carbocycles. The Morgan fingerprint density at radius 3 is 2.39 bits per heavy atom. The van der Waals surface area contributed by atoms with Crippen molar-refractivity contribution >= 4 is 18.4 Å². The Balaban J connectivity index is 0.00000289. The number of hydrogen-bond donors (Lipinski definition) is 1. The van der Waals surface area contributed by atoms with E-state index in [1.165, 1.54) is 0 Å². The van der Waals surface area contributed by atoms with Crippen molar-refractivity contribution in [3.05, 3.63) is 35.1 Å². The molecular formula is C10H10ClF4NO2. The van der Waals surface area contributed by atoms with Crippen molar-refractivity contribution in [2.24, 2.45) is 5.73 Å². The normalized spacial score (nSPS) is 12.6. The fourth-order valence-corrected chi connectivity index (χ4v) is 1.30. The summed E-state index contributed by atoms with van der Waals surface area (Å²) in [5.74, 6) is -1.98. The average molecular weight is 288 g/mol. The van der Waals surface area contributed by atoms with Crippen molar-refractivity contribution < 1.29 is 27.1 Å². The molecule has 8 heteroatoms. The zero-order valence-corrected chi connectivity index (χ0v) is 9.94. The second-order valence-corrected chi connectivity index (χ2v) is 3.23. The molecule has 0 unspecified atom stereocenters. The Labute approximate surface area is 106 Å². The summed E-state index contributed by atoms with van der Waals surface area (Å²) < 4.78 is 54.8. The summed E-state index contributed by atoms with van der Waals surface area (Å²) in [6.07, 6.45) is -4.71. The zero-order valence-electron chi connectivity index (χ0n) is 9.12. The zero-order chi connectivity index (χ0) is 13.2. The molecule has 1 aromatic carbocycles. The summed E-state index contributed by atoms with van der Waals surface area (Å²) in [5, 5.41) is 0. The van der Waals surface area contributed by atoms with E-state index in [0.717, 1.165) is 7.11 Å². The van der Waals surface area contributed by atoms with Gasteiger partial charge in [0, 0.05) is 0 Å². The first-order chi connectivity index (χ1) is 7.77. The van der Waals surface area contributed by atoms with E-state index in [-0.39, 0.29) is 12.4 Å². The van der Waals surface area contributed by atoms with Gasteiger partial charge in [-0.1, -0.05) is 0 Å². The molecule has 0 amide bonds. The van der Waals surface area contributed by atoms with Crippen LogP contribution in [0.2, 0.25) is 0 Å². The molecule has 1 aromatic rings. The summed E-state index contributed by atoms with van der Waals surface area (Å²) in [7, 11) is 0.981. The SMILES string of the molecule is COC(=O)[C@@H](N)c1cc(F)ccc1C(F)(F)F.Cl. The molecule has 1 atom stereocenters. The van der Waals surface area contributed by atoms with Gasteiger partial charge in [0.15, 0.2) is 0 Å². The highest BCUT2D eigenvalue weighted by Gasteiger charge is 2.36. The van der Waals surface area contributed by atoms with Gasteiger partial charge in [0.1, 0.15) is 11.9 Å². The van der Waals surface area contributed by atoms with Gasteiger partial charge in [0.05, 0.1) is 12.7 Å². The Bertz CT molecular complexity index is 436. The lowest BCUT2D eigenvalue weighted by Crippen LogP contribution is -2.26. The fraction of sp³-hybridized carbons (Fsp3) is 0.300. The minimum Gasteiger partial charge on any atom is -0.468 e. The van der Waals surface area contributed by atoms with Gasteiger partial charge in [0.25, 0.3) is 0 Å². The number of hydrogen-bond acceptors (Lipinski definition) is 3. The van der Waals surface area contributed by atoms with Gasteiger partial charge >= 0.3 is 12.1 Å². The van der Waals surface area contributed by atoms with Crippen molar-refractivity contribution in [1.29, 1.82) is 0 Å². The number of nitrogens with two attached hydrogens (primary N) is 1. The lowest BCUT2D eigenvalue weighted by atomic mass is 10.0. The third-order valence-electron chi connectivity index (χ3n) is 2.11. The molecule has 0 bridgehead atoms. The van der Waals surface area contributed by atoms with E-state index in [0.29, 0.717) is 18.2 Å². The van der Waals surface area contributed by atoms with Crippen LogP contribution in [0.15, 0.2) is 18.2 Å². The van der Waals surface area contributed by atoms with Gasteiger partial charge in [-0.05, 0) is 23.8 Å². The first kappa shape index (κ1) is 16.7. The Morgan fingerprint density at radius 1 is 1.39 bits per heavy atom. The standard InChI is InChI=1S/C10H9F4NO2.ClH/c1-17-9(16)8(15)6-4-5(11)2-3-7(6)10(12,13)14;/h2-4,8H,15H2,1H3;1H/t8-;/m0./s1. The molecule has 0 aliphatic heterocycles. The van der Waals surface area contributed by atoms with Gasteiger partial charge in [-0.25, -0.2) is 4.39 Å². The molecule has 1 rings (SSSR count). The van der Waals surface area contributed by atoms with Crippen molar-refractivity contribution in [3.63, 3.8) is 0 Å². The fourth-order valence-electron chi connectivity index (χ4n) is 1.30. The molecule has 0 radical (unpaired) electrons. The molecular weight excluding hydrogens is 278 g/mol. The molecule has 0 fully saturated rings. The second-order valence-electron chi connectivity index (χ2n) is 3.23. The van der Waals surface area contributed by atoms with E-state index < -0.39 is 35.1 Å². The summed E-state index contributed by atoms with van der Waals surface area (Å²) in [4.78, 5) is 11.1. The maximum Gasteiger partial charge on any atom is 0.416 e. The molecule has 0 heterocycles. The lowest BCUT2D eigenvalue weighted by molar-refractivity contribution is -0.144. The average Bonchev–Trinajstić information content (AvgIpc) is 2.25. The lowest BCUT2D eigenvalue weighted by Gasteiger charge is -2.16. The van der Waals surface area contributed by atoms with E-state index in [2.05, 4.69) is 4.74 Å². The van der Waals surface area contributed by atoms with Crippen molar-refractivity contribution in [3.8, 4) is 0 Å². The number of rotatable bonds is 2. The molecule has 0 saturated heterocycles. The molecule has 3 nitrogen and oxygen atoms in total. The van der Waals surface area contributed by atoms with Gasteiger partial charge < -0.3 is 10.5 Å². The van der Waals surface area contributed by atoms with Crippen LogP contribution in [0.25, 0.3) is 0 Å². The van der Waals surface area contributed by atoms with Crippen LogP contribution < -0.4 is 5.73 Å². The minimum absolute atomic E-state index is 0.